The molecule has 2 heterocycles. The van der Waals surface area contributed by atoms with Crippen molar-refractivity contribution in [1.29, 1.82) is 5.26 Å². The van der Waals surface area contributed by atoms with Gasteiger partial charge in [0.05, 0.1) is 12.1 Å². The monoisotopic (exact) mass is 363 g/mol. The number of carbonyl (C=O) groups is 2. The van der Waals surface area contributed by atoms with Crippen LogP contribution < -0.4 is 4.74 Å². The van der Waals surface area contributed by atoms with Gasteiger partial charge in [0.15, 0.2) is 17.1 Å². The summed E-state index contributed by atoms with van der Waals surface area (Å²) in [5.41, 5.74) is 1.39. The van der Waals surface area contributed by atoms with Crippen molar-refractivity contribution in [2.75, 3.05) is 6.61 Å². The van der Waals surface area contributed by atoms with Crippen molar-refractivity contribution in [1.82, 2.24) is 9.55 Å². The highest BCUT2D eigenvalue weighted by Gasteiger charge is 2.25. The Morgan fingerprint density at radius 2 is 1.96 bits per heavy atom. The highest BCUT2D eigenvalue weighted by Crippen LogP contribution is 2.32. The standard InChI is InChI=1S/C20H17N3O4/c1-3-26-20(25)17-19(27-13(2)24)15-9-10-23(18(15)16(11-21)22-17)12-14-7-5-4-6-8-14/h4-10H,3,12H2,1-2H3. The van der Waals surface area contributed by atoms with E-state index >= 15 is 0 Å². The zero-order valence-corrected chi connectivity index (χ0v) is 14.9. The van der Waals surface area contributed by atoms with E-state index in [4.69, 9.17) is 9.47 Å². The summed E-state index contributed by atoms with van der Waals surface area (Å²) in [6, 6.07) is 13.4. The largest absolute Gasteiger partial charge is 0.461 e. The lowest BCUT2D eigenvalue weighted by molar-refractivity contribution is -0.131. The number of pyridine rings is 1. The van der Waals surface area contributed by atoms with Gasteiger partial charge < -0.3 is 14.0 Å². The van der Waals surface area contributed by atoms with E-state index in [-0.39, 0.29) is 23.7 Å². The summed E-state index contributed by atoms with van der Waals surface area (Å²) >= 11 is 0. The predicted molar refractivity (Wildman–Crippen MR) is 97.3 cm³/mol. The molecular formula is C20H17N3O4. The van der Waals surface area contributed by atoms with Crippen LogP contribution >= 0.6 is 0 Å². The molecule has 3 aromatic rings. The van der Waals surface area contributed by atoms with E-state index in [1.54, 1.807) is 19.2 Å². The smallest absolute Gasteiger partial charge is 0.360 e. The molecule has 136 valence electrons. The summed E-state index contributed by atoms with van der Waals surface area (Å²) in [7, 11) is 0. The Kier molecular flexibility index (Phi) is 5.18. The minimum Gasteiger partial charge on any atom is -0.461 e. The third-order valence-electron chi connectivity index (χ3n) is 3.89. The van der Waals surface area contributed by atoms with Crippen LogP contribution in [0.15, 0.2) is 42.6 Å². The Bertz CT molecular complexity index is 1050. The Labute approximate surface area is 155 Å². The van der Waals surface area contributed by atoms with E-state index in [0.29, 0.717) is 17.4 Å². The zero-order chi connectivity index (χ0) is 19.4. The van der Waals surface area contributed by atoms with Crippen molar-refractivity contribution < 1.29 is 19.1 Å². The zero-order valence-electron chi connectivity index (χ0n) is 14.9. The second-order valence-corrected chi connectivity index (χ2v) is 5.76. The number of nitriles is 1. The molecule has 0 fully saturated rings. The number of esters is 2. The maximum absolute atomic E-state index is 12.3. The van der Waals surface area contributed by atoms with Gasteiger partial charge in [-0.1, -0.05) is 30.3 Å². The van der Waals surface area contributed by atoms with Crippen LogP contribution in [0.25, 0.3) is 10.9 Å². The fraction of sp³-hybridized carbons (Fsp3) is 0.200. The fourth-order valence-corrected chi connectivity index (χ4v) is 2.84. The van der Waals surface area contributed by atoms with Gasteiger partial charge in [-0.15, -0.1) is 0 Å². The summed E-state index contributed by atoms with van der Waals surface area (Å²) in [6.45, 7) is 3.53. The second-order valence-electron chi connectivity index (χ2n) is 5.76. The predicted octanol–water partition coefficient (Wildman–Crippen LogP) is 3.06. The molecule has 7 heteroatoms. The SMILES string of the molecule is CCOC(=O)c1nc(C#N)c2c(ccn2Cc2ccccc2)c1OC(C)=O. The van der Waals surface area contributed by atoms with Crippen LogP contribution in [0, 0.1) is 11.3 Å². The molecule has 0 saturated heterocycles. The molecule has 7 nitrogen and oxygen atoms in total. The van der Waals surface area contributed by atoms with Crippen LogP contribution in [0.2, 0.25) is 0 Å². The number of hydrogen-bond donors (Lipinski definition) is 0. The van der Waals surface area contributed by atoms with E-state index in [2.05, 4.69) is 4.98 Å². The highest BCUT2D eigenvalue weighted by molar-refractivity contribution is 6.01. The third-order valence-corrected chi connectivity index (χ3v) is 3.89. The van der Waals surface area contributed by atoms with Crippen molar-refractivity contribution in [3.05, 3.63) is 59.5 Å². The average molecular weight is 363 g/mol. The summed E-state index contributed by atoms with van der Waals surface area (Å²) in [6.07, 6.45) is 1.77. The molecule has 2 aromatic heterocycles. The Morgan fingerprint density at radius 1 is 1.22 bits per heavy atom. The number of aromatic nitrogens is 2. The number of fused-ring (bicyclic) bond motifs is 1. The van der Waals surface area contributed by atoms with Crippen molar-refractivity contribution in [2.45, 2.75) is 20.4 Å². The van der Waals surface area contributed by atoms with Gasteiger partial charge in [-0.2, -0.15) is 5.26 Å². The fourth-order valence-electron chi connectivity index (χ4n) is 2.84. The normalized spacial score (nSPS) is 10.4. The molecule has 3 rings (SSSR count). The highest BCUT2D eigenvalue weighted by atomic mass is 16.5. The van der Waals surface area contributed by atoms with Gasteiger partial charge in [-0.05, 0) is 18.6 Å². The van der Waals surface area contributed by atoms with E-state index in [1.165, 1.54) is 6.92 Å². The van der Waals surface area contributed by atoms with Crippen LogP contribution in [0.3, 0.4) is 0 Å². The molecule has 27 heavy (non-hydrogen) atoms. The van der Waals surface area contributed by atoms with Gasteiger partial charge in [-0.25, -0.2) is 9.78 Å². The van der Waals surface area contributed by atoms with E-state index in [1.807, 2.05) is 41.0 Å². The first-order valence-electron chi connectivity index (χ1n) is 8.37. The van der Waals surface area contributed by atoms with E-state index in [9.17, 15) is 14.9 Å². The van der Waals surface area contributed by atoms with Crippen LogP contribution in [0.5, 0.6) is 5.75 Å². The molecule has 0 bridgehead atoms. The van der Waals surface area contributed by atoms with Crippen LogP contribution in [0.1, 0.15) is 35.6 Å². The number of nitrogens with zero attached hydrogens (tertiary/aromatic N) is 3. The van der Waals surface area contributed by atoms with Crippen molar-refractivity contribution >= 4 is 22.8 Å². The minimum absolute atomic E-state index is 0.00163. The Morgan fingerprint density at radius 3 is 2.59 bits per heavy atom. The first-order valence-corrected chi connectivity index (χ1v) is 8.37. The molecular weight excluding hydrogens is 346 g/mol. The summed E-state index contributed by atoms with van der Waals surface area (Å²) in [5.74, 6) is -1.34. The lowest BCUT2D eigenvalue weighted by Gasteiger charge is -2.12. The van der Waals surface area contributed by atoms with Crippen LogP contribution in [-0.4, -0.2) is 28.1 Å². The number of hydrogen-bond acceptors (Lipinski definition) is 6. The third kappa shape index (κ3) is 3.65. The van der Waals surface area contributed by atoms with Gasteiger partial charge in [0.1, 0.15) is 6.07 Å². The maximum atomic E-state index is 12.3. The molecule has 0 aliphatic carbocycles. The van der Waals surface area contributed by atoms with E-state index in [0.717, 1.165) is 5.56 Å². The Hall–Kier alpha value is -3.66. The van der Waals surface area contributed by atoms with Crippen LogP contribution in [0.4, 0.5) is 0 Å². The molecule has 1 aromatic carbocycles. The van der Waals surface area contributed by atoms with Crippen LogP contribution in [-0.2, 0) is 16.1 Å². The molecule has 0 N–H and O–H groups in total. The van der Waals surface area contributed by atoms with Crippen molar-refractivity contribution in [3.63, 3.8) is 0 Å². The van der Waals surface area contributed by atoms with Crippen molar-refractivity contribution in [2.24, 2.45) is 0 Å². The first kappa shape index (κ1) is 18.1. The van der Waals surface area contributed by atoms with Gasteiger partial charge in [-0.3, -0.25) is 4.79 Å². The Balaban J connectivity index is 2.21. The average Bonchev–Trinajstić information content (AvgIpc) is 3.06. The lowest BCUT2D eigenvalue weighted by Crippen LogP contribution is -2.14. The summed E-state index contributed by atoms with van der Waals surface area (Å²) in [4.78, 5) is 28.0. The van der Waals surface area contributed by atoms with Crippen molar-refractivity contribution in [3.8, 4) is 11.8 Å². The number of carbonyl (C=O) groups excluding carboxylic acids is 2. The number of benzene rings is 1. The van der Waals surface area contributed by atoms with Gasteiger partial charge in [0, 0.05) is 25.1 Å². The van der Waals surface area contributed by atoms with E-state index < -0.39 is 11.9 Å². The maximum Gasteiger partial charge on any atom is 0.360 e. The topological polar surface area (TPSA) is 94.2 Å². The number of rotatable bonds is 5. The van der Waals surface area contributed by atoms with Gasteiger partial charge in [0.25, 0.3) is 0 Å². The molecule has 0 unspecified atom stereocenters. The molecule has 0 aliphatic heterocycles. The quantitative estimate of drug-likeness (QED) is 0.647. The van der Waals surface area contributed by atoms with Gasteiger partial charge >= 0.3 is 11.9 Å². The molecule has 0 saturated carbocycles. The molecule has 0 amide bonds. The van der Waals surface area contributed by atoms with Gasteiger partial charge in [0.2, 0.25) is 0 Å². The first-order chi connectivity index (χ1) is 13.0. The lowest BCUT2D eigenvalue weighted by atomic mass is 10.2. The molecule has 0 spiro atoms. The number of ether oxygens (including phenoxy) is 2. The summed E-state index contributed by atoms with van der Waals surface area (Å²) in [5, 5.41) is 10.0. The second kappa shape index (κ2) is 7.70. The summed E-state index contributed by atoms with van der Waals surface area (Å²) < 4.78 is 12.1. The minimum atomic E-state index is -0.747. The molecule has 0 atom stereocenters. The molecule has 0 aliphatic rings. The molecule has 0 radical (unpaired) electrons.